The summed E-state index contributed by atoms with van der Waals surface area (Å²) in [6, 6.07) is 47.2. The van der Waals surface area contributed by atoms with Crippen LogP contribution in [0.3, 0.4) is 0 Å². The molecule has 0 aliphatic carbocycles. The second-order valence-corrected chi connectivity index (χ2v) is 13.7. The van der Waals surface area contributed by atoms with Crippen molar-refractivity contribution in [1.29, 1.82) is 0 Å². The summed E-state index contributed by atoms with van der Waals surface area (Å²) in [5.74, 6) is -0.529. The van der Waals surface area contributed by atoms with Crippen molar-refractivity contribution in [2.75, 3.05) is 10.6 Å². The normalized spacial score (nSPS) is 11.6. The number of nitrogens with one attached hydrogen (secondary N) is 3. The van der Waals surface area contributed by atoms with Crippen LogP contribution in [0.5, 0.6) is 5.75 Å². The zero-order valence-electron chi connectivity index (χ0n) is 28.2. The fourth-order valence-corrected chi connectivity index (χ4v) is 6.63. The first-order chi connectivity index (χ1) is 25.8. The zero-order valence-corrected chi connectivity index (χ0v) is 30.5. The third kappa shape index (κ3) is 10.6. The van der Waals surface area contributed by atoms with Gasteiger partial charge in [-0.05, 0) is 89.5 Å². The molecule has 1 unspecified atom stereocenters. The summed E-state index contributed by atoms with van der Waals surface area (Å²) in [7, 11) is 0. The number of thioether (sulfide) groups is 1. The Bertz CT molecular complexity index is 2200. The highest BCUT2D eigenvalue weighted by Gasteiger charge is 2.23. The highest BCUT2D eigenvalue weighted by Crippen LogP contribution is 2.37. The number of benzene rings is 6. The summed E-state index contributed by atoms with van der Waals surface area (Å²) in [6.45, 7) is 0.423. The summed E-state index contributed by atoms with van der Waals surface area (Å²) in [5.41, 5.74) is 3.95. The molecule has 6 aromatic carbocycles. The van der Waals surface area contributed by atoms with Gasteiger partial charge in [-0.2, -0.15) is 0 Å². The minimum atomic E-state index is -0.610. The van der Waals surface area contributed by atoms with Crippen molar-refractivity contribution in [2.24, 2.45) is 0 Å². The first-order valence-electron chi connectivity index (χ1n) is 16.5. The highest BCUT2D eigenvalue weighted by atomic mass is 35.5. The lowest BCUT2D eigenvalue weighted by Gasteiger charge is -2.18. The Balaban J connectivity index is 1.17. The van der Waals surface area contributed by atoms with E-state index in [1.165, 1.54) is 11.8 Å². The van der Waals surface area contributed by atoms with Crippen molar-refractivity contribution in [2.45, 2.75) is 16.8 Å². The summed E-state index contributed by atoms with van der Waals surface area (Å²) >= 11 is 13.7. The van der Waals surface area contributed by atoms with E-state index in [-0.39, 0.29) is 11.6 Å². The fraction of sp³-hybridized carbons (Fsp3) is 0.0465. The molecule has 6 rings (SSSR count). The standard InChI is InChI=1S/C43H33Cl2N3O4S/c44-33-18-25-38(37(45)27-33)47-43(51)40(31-12-6-2-7-13-31)53-36-23-19-34(20-24-36)46-42(50)39(48-41(49)32-14-8-3-9-15-32)26-29-16-21-35(22-17-29)52-28-30-10-4-1-5-11-30/h1-27,40H,28H2,(H,46,50)(H,47,51)(H,48,49)/b39-26-. The van der Waals surface area contributed by atoms with E-state index in [1.54, 1.807) is 60.7 Å². The number of amides is 3. The largest absolute Gasteiger partial charge is 0.489 e. The number of carbonyl (C=O) groups excluding carboxylic acids is 3. The van der Waals surface area contributed by atoms with E-state index < -0.39 is 17.1 Å². The Hall–Kier alpha value is -5.80. The zero-order chi connectivity index (χ0) is 37.0. The number of carbonyl (C=O) groups is 3. The Morgan fingerprint density at radius 3 is 2.00 bits per heavy atom. The van der Waals surface area contributed by atoms with E-state index in [0.717, 1.165) is 16.0 Å². The number of ether oxygens (including phenoxy) is 1. The van der Waals surface area contributed by atoms with Gasteiger partial charge in [0.2, 0.25) is 5.91 Å². The Morgan fingerprint density at radius 1 is 0.698 bits per heavy atom. The van der Waals surface area contributed by atoms with E-state index in [4.69, 9.17) is 27.9 Å². The molecule has 0 aromatic heterocycles. The quantitative estimate of drug-likeness (QED) is 0.0805. The predicted octanol–water partition coefficient (Wildman–Crippen LogP) is 10.5. The van der Waals surface area contributed by atoms with Crippen LogP contribution in [0.15, 0.2) is 168 Å². The van der Waals surface area contributed by atoms with Gasteiger partial charge in [-0.1, -0.05) is 114 Å². The number of rotatable bonds is 13. The molecule has 53 heavy (non-hydrogen) atoms. The van der Waals surface area contributed by atoms with Crippen molar-refractivity contribution >= 4 is 70.1 Å². The fourth-order valence-electron chi connectivity index (χ4n) is 5.15. The summed E-state index contributed by atoms with van der Waals surface area (Å²) in [6.07, 6.45) is 1.61. The maximum Gasteiger partial charge on any atom is 0.272 e. The number of anilines is 2. The average molecular weight is 759 g/mol. The minimum Gasteiger partial charge on any atom is -0.489 e. The van der Waals surface area contributed by atoms with Gasteiger partial charge >= 0.3 is 0 Å². The molecule has 0 heterocycles. The van der Waals surface area contributed by atoms with Crippen LogP contribution in [0, 0.1) is 0 Å². The Labute approximate surface area is 322 Å². The number of hydrogen-bond donors (Lipinski definition) is 3. The van der Waals surface area contributed by atoms with E-state index in [2.05, 4.69) is 16.0 Å². The molecule has 264 valence electrons. The van der Waals surface area contributed by atoms with E-state index in [9.17, 15) is 14.4 Å². The van der Waals surface area contributed by atoms with Crippen LogP contribution in [-0.4, -0.2) is 17.7 Å². The smallest absolute Gasteiger partial charge is 0.272 e. The van der Waals surface area contributed by atoms with Crippen molar-refractivity contribution in [3.8, 4) is 5.75 Å². The van der Waals surface area contributed by atoms with Crippen molar-refractivity contribution in [3.63, 3.8) is 0 Å². The second-order valence-electron chi connectivity index (χ2n) is 11.7. The molecule has 0 spiro atoms. The van der Waals surface area contributed by atoms with Crippen LogP contribution in [0.25, 0.3) is 6.08 Å². The molecule has 0 aliphatic rings. The van der Waals surface area contributed by atoms with Gasteiger partial charge in [-0.25, -0.2) is 0 Å². The van der Waals surface area contributed by atoms with Crippen molar-refractivity contribution in [1.82, 2.24) is 5.32 Å². The van der Waals surface area contributed by atoms with Crippen LogP contribution >= 0.6 is 35.0 Å². The van der Waals surface area contributed by atoms with E-state index >= 15 is 0 Å². The lowest BCUT2D eigenvalue weighted by molar-refractivity contribution is -0.116. The van der Waals surface area contributed by atoms with Gasteiger partial charge in [0.25, 0.3) is 11.8 Å². The molecule has 0 saturated carbocycles. The summed E-state index contributed by atoms with van der Waals surface area (Å²) < 4.78 is 5.90. The van der Waals surface area contributed by atoms with Gasteiger partial charge in [0, 0.05) is 21.2 Å². The van der Waals surface area contributed by atoms with E-state index in [1.807, 2.05) is 103 Å². The van der Waals surface area contributed by atoms with Crippen LogP contribution in [0.2, 0.25) is 10.0 Å². The molecular formula is C43H33Cl2N3O4S. The molecule has 10 heteroatoms. The van der Waals surface area contributed by atoms with E-state index in [0.29, 0.717) is 44.9 Å². The van der Waals surface area contributed by atoms with Gasteiger partial charge < -0.3 is 20.7 Å². The highest BCUT2D eigenvalue weighted by molar-refractivity contribution is 8.00. The molecule has 0 aliphatic heterocycles. The maximum atomic E-state index is 13.7. The maximum absolute atomic E-state index is 13.7. The molecule has 7 nitrogen and oxygen atoms in total. The number of halogens is 2. The minimum absolute atomic E-state index is 0.0527. The molecule has 3 N–H and O–H groups in total. The van der Waals surface area contributed by atoms with Crippen LogP contribution < -0.4 is 20.7 Å². The molecule has 0 saturated heterocycles. The number of hydrogen-bond acceptors (Lipinski definition) is 5. The molecule has 6 aromatic rings. The van der Waals surface area contributed by atoms with Crippen LogP contribution in [-0.2, 0) is 16.2 Å². The molecule has 3 amide bonds. The third-order valence-electron chi connectivity index (χ3n) is 7.86. The third-order valence-corrected chi connectivity index (χ3v) is 9.68. The van der Waals surface area contributed by atoms with Gasteiger partial charge in [0.15, 0.2) is 0 Å². The lowest BCUT2D eigenvalue weighted by Crippen LogP contribution is -2.30. The summed E-state index contributed by atoms with van der Waals surface area (Å²) in [4.78, 5) is 41.2. The molecule has 1 atom stereocenters. The monoisotopic (exact) mass is 757 g/mol. The van der Waals surface area contributed by atoms with Crippen molar-refractivity contribution < 1.29 is 19.1 Å². The predicted molar refractivity (Wildman–Crippen MR) is 214 cm³/mol. The Kier molecular flexibility index (Phi) is 12.6. The Morgan fingerprint density at radius 2 is 1.34 bits per heavy atom. The average Bonchev–Trinajstić information content (AvgIpc) is 3.19. The van der Waals surface area contributed by atoms with Crippen LogP contribution in [0.4, 0.5) is 11.4 Å². The lowest BCUT2D eigenvalue weighted by atomic mass is 10.1. The molecule has 0 fully saturated rings. The molecular weight excluding hydrogens is 725 g/mol. The second kappa shape index (κ2) is 18.1. The van der Waals surface area contributed by atoms with Gasteiger partial charge in [0.1, 0.15) is 23.3 Å². The summed E-state index contributed by atoms with van der Waals surface area (Å²) in [5, 5.41) is 8.76. The topological polar surface area (TPSA) is 96.5 Å². The molecule has 0 bridgehead atoms. The first kappa shape index (κ1) is 37.0. The van der Waals surface area contributed by atoms with Gasteiger partial charge in [-0.15, -0.1) is 11.8 Å². The molecule has 0 radical (unpaired) electrons. The SMILES string of the molecule is O=C(Nc1ccc(SC(C(=O)Nc2ccc(Cl)cc2Cl)c2ccccc2)cc1)/C(=C/c1ccc(OCc2ccccc2)cc1)NC(=O)c1ccccc1. The first-order valence-corrected chi connectivity index (χ1v) is 18.2. The van der Waals surface area contributed by atoms with Crippen molar-refractivity contribution in [3.05, 3.63) is 196 Å². The van der Waals surface area contributed by atoms with Gasteiger partial charge in [-0.3, -0.25) is 14.4 Å². The van der Waals surface area contributed by atoms with Crippen LogP contribution in [0.1, 0.15) is 32.3 Å². The van der Waals surface area contributed by atoms with Gasteiger partial charge in [0.05, 0.1) is 10.7 Å².